The minimum absolute atomic E-state index is 0.0520. The minimum Gasteiger partial charge on any atom is -0.468 e. The van der Waals surface area contributed by atoms with Gasteiger partial charge in [0.25, 0.3) is 0 Å². The number of amides is 1. The molecule has 102 valence electrons. The van der Waals surface area contributed by atoms with Crippen molar-refractivity contribution >= 4 is 17.8 Å². The lowest BCUT2D eigenvalue weighted by molar-refractivity contribution is -0.150. The van der Waals surface area contributed by atoms with Gasteiger partial charge in [-0.2, -0.15) is 0 Å². The predicted molar refractivity (Wildman–Crippen MR) is 68.1 cm³/mol. The molecular weight excluding hydrogens is 246 g/mol. The van der Waals surface area contributed by atoms with Crippen LogP contribution in [0.15, 0.2) is 18.5 Å². The lowest BCUT2D eigenvalue weighted by Gasteiger charge is -2.19. The molecule has 0 aliphatic heterocycles. The molecule has 2 rings (SSSR count). The van der Waals surface area contributed by atoms with Crippen molar-refractivity contribution in [2.24, 2.45) is 11.8 Å². The topological polar surface area (TPSA) is 81.2 Å². The molecule has 19 heavy (non-hydrogen) atoms. The van der Waals surface area contributed by atoms with Crippen LogP contribution in [0.2, 0.25) is 0 Å². The summed E-state index contributed by atoms with van der Waals surface area (Å²) in [5.74, 6) is -1.38. The molecule has 1 atom stereocenters. The monoisotopic (exact) mass is 263 g/mol. The Hall–Kier alpha value is -1.98. The number of nitrogens with zero attached hydrogens (tertiary/aromatic N) is 2. The SMILES string of the molecule is COC(=O)C(C(=O)Nc1ncccn1)C1CCCC1. The van der Waals surface area contributed by atoms with Crippen molar-refractivity contribution in [2.75, 3.05) is 12.4 Å². The number of anilines is 1. The fourth-order valence-electron chi connectivity index (χ4n) is 2.48. The first-order chi connectivity index (χ1) is 9.22. The van der Waals surface area contributed by atoms with Crippen LogP contribution >= 0.6 is 0 Å². The molecule has 0 bridgehead atoms. The fourth-order valence-corrected chi connectivity index (χ4v) is 2.48. The predicted octanol–water partition coefficient (Wildman–Crippen LogP) is 1.39. The van der Waals surface area contributed by atoms with Gasteiger partial charge < -0.3 is 4.74 Å². The van der Waals surface area contributed by atoms with Crippen LogP contribution in [0.25, 0.3) is 0 Å². The molecule has 1 fully saturated rings. The van der Waals surface area contributed by atoms with Crippen LogP contribution in [0.4, 0.5) is 5.95 Å². The summed E-state index contributed by atoms with van der Waals surface area (Å²) >= 11 is 0. The molecule has 6 nitrogen and oxygen atoms in total. The van der Waals surface area contributed by atoms with Crippen LogP contribution < -0.4 is 5.32 Å². The maximum atomic E-state index is 12.2. The van der Waals surface area contributed by atoms with E-state index in [4.69, 9.17) is 4.74 Å². The molecular formula is C13H17N3O3. The summed E-state index contributed by atoms with van der Waals surface area (Å²) in [4.78, 5) is 31.9. The van der Waals surface area contributed by atoms with Gasteiger partial charge in [0.2, 0.25) is 11.9 Å². The van der Waals surface area contributed by atoms with Gasteiger partial charge in [-0.05, 0) is 24.8 Å². The van der Waals surface area contributed by atoms with E-state index in [1.165, 1.54) is 19.5 Å². The van der Waals surface area contributed by atoms with Crippen molar-refractivity contribution in [3.8, 4) is 0 Å². The summed E-state index contributed by atoms with van der Waals surface area (Å²) in [6.07, 6.45) is 6.92. The smallest absolute Gasteiger partial charge is 0.318 e. The van der Waals surface area contributed by atoms with Gasteiger partial charge in [-0.3, -0.25) is 14.9 Å². The van der Waals surface area contributed by atoms with Crippen molar-refractivity contribution in [1.82, 2.24) is 9.97 Å². The van der Waals surface area contributed by atoms with Gasteiger partial charge in [-0.15, -0.1) is 0 Å². The van der Waals surface area contributed by atoms with E-state index in [0.717, 1.165) is 25.7 Å². The number of ether oxygens (including phenoxy) is 1. The van der Waals surface area contributed by atoms with E-state index in [1.54, 1.807) is 6.07 Å². The van der Waals surface area contributed by atoms with E-state index < -0.39 is 11.9 Å². The van der Waals surface area contributed by atoms with Crippen LogP contribution in [0.3, 0.4) is 0 Å². The summed E-state index contributed by atoms with van der Waals surface area (Å²) in [6, 6.07) is 1.66. The van der Waals surface area contributed by atoms with Crippen LogP contribution in [-0.2, 0) is 14.3 Å². The van der Waals surface area contributed by atoms with Gasteiger partial charge in [-0.1, -0.05) is 12.8 Å². The maximum absolute atomic E-state index is 12.2. The number of hydrogen-bond acceptors (Lipinski definition) is 5. The Balaban J connectivity index is 2.09. The second-order valence-electron chi connectivity index (χ2n) is 4.61. The largest absolute Gasteiger partial charge is 0.468 e. The fraction of sp³-hybridized carbons (Fsp3) is 0.538. The zero-order valence-corrected chi connectivity index (χ0v) is 10.8. The molecule has 0 saturated heterocycles. The zero-order valence-electron chi connectivity index (χ0n) is 10.8. The molecule has 1 saturated carbocycles. The molecule has 6 heteroatoms. The third kappa shape index (κ3) is 3.27. The molecule has 1 aliphatic rings. The number of aromatic nitrogens is 2. The number of rotatable bonds is 4. The highest BCUT2D eigenvalue weighted by Crippen LogP contribution is 2.32. The summed E-state index contributed by atoms with van der Waals surface area (Å²) < 4.78 is 4.74. The number of carbonyl (C=O) groups is 2. The molecule has 1 unspecified atom stereocenters. The standard InChI is InChI=1S/C13H17N3O3/c1-19-12(18)10(9-5-2-3-6-9)11(17)16-13-14-7-4-8-15-13/h4,7-10H,2-3,5-6H2,1H3,(H,14,15,16,17). The molecule has 1 heterocycles. The molecule has 0 aromatic carbocycles. The molecule has 1 aliphatic carbocycles. The Labute approximate surface area is 111 Å². The lowest BCUT2D eigenvalue weighted by Crippen LogP contribution is -2.36. The minimum atomic E-state index is -0.767. The van der Waals surface area contributed by atoms with E-state index in [-0.39, 0.29) is 17.8 Å². The first-order valence-electron chi connectivity index (χ1n) is 6.38. The van der Waals surface area contributed by atoms with E-state index >= 15 is 0 Å². The van der Waals surface area contributed by atoms with Gasteiger partial charge in [0.05, 0.1) is 7.11 Å². The summed E-state index contributed by atoms with van der Waals surface area (Å²) in [5, 5.41) is 2.57. The van der Waals surface area contributed by atoms with Crippen molar-refractivity contribution in [3.05, 3.63) is 18.5 Å². The number of methoxy groups -OCH3 is 1. The Bertz CT molecular complexity index is 444. The molecule has 0 radical (unpaired) electrons. The van der Waals surface area contributed by atoms with Crippen molar-refractivity contribution in [1.29, 1.82) is 0 Å². The number of nitrogens with one attached hydrogen (secondary N) is 1. The van der Waals surface area contributed by atoms with Crippen molar-refractivity contribution in [3.63, 3.8) is 0 Å². The number of esters is 1. The quantitative estimate of drug-likeness (QED) is 0.656. The average molecular weight is 263 g/mol. The van der Waals surface area contributed by atoms with Crippen LogP contribution in [0, 0.1) is 11.8 Å². The van der Waals surface area contributed by atoms with Crippen molar-refractivity contribution < 1.29 is 14.3 Å². The first-order valence-corrected chi connectivity index (χ1v) is 6.38. The van der Waals surface area contributed by atoms with Gasteiger partial charge in [0.15, 0.2) is 0 Å². The summed E-state index contributed by atoms with van der Waals surface area (Å²) in [5.41, 5.74) is 0. The Morgan fingerprint density at radius 2 is 1.95 bits per heavy atom. The Kier molecular flexibility index (Phi) is 4.43. The Morgan fingerprint density at radius 1 is 1.32 bits per heavy atom. The normalized spacial score (nSPS) is 16.9. The van der Waals surface area contributed by atoms with E-state index in [2.05, 4.69) is 15.3 Å². The summed E-state index contributed by atoms with van der Waals surface area (Å²) in [7, 11) is 1.30. The molecule has 0 spiro atoms. The average Bonchev–Trinajstić information content (AvgIpc) is 2.93. The highest BCUT2D eigenvalue weighted by molar-refractivity contribution is 6.04. The van der Waals surface area contributed by atoms with Crippen LogP contribution in [0.5, 0.6) is 0 Å². The highest BCUT2D eigenvalue weighted by Gasteiger charge is 2.37. The summed E-state index contributed by atoms with van der Waals surface area (Å²) in [6.45, 7) is 0. The number of hydrogen-bond donors (Lipinski definition) is 1. The lowest BCUT2D eigenvalue weighted by atomic mass is 9.90. The van der Waals surface area contributed by atoms with Gasteiger partial charge in [0.1, 0.15) is 5.92 Å². The zero-order chi connectivity index (χ0) is 13.7. The third-order valence-corrected chi connectivity index (χ3v) is 3.41. The van der Waals surface area contributed by atoms with Gasteiger partial charge in [-0.25, -0.2) is 9.97 Å². The van der Waals surface area contributed by atoms with E-state index in [9.17, 15) is 9.59 Å². The molecule has 1 N–H and O–H groups in total. The van der Waals surface area contributed by atoms with Crippen molar-refractivity contribution in [2.45, 2.75) is 25.7 Å². The third-order valence-electron chi connectivity index (χ3n) is 3.41. The second kappa shape index (κ2) is 6.26. The highest BCUT2D eigenvalue weighted by atomic mass is 16.5. The van der Waals surface area contributed by atoms with Gasteiger partial charge in [0, 0.05) is 12.4 Å². The molecule has 1 aromatic heterocycles. The van der Waals surface area contributed by atoms with Crippen LogP contribution in [0.1, 0.15) is 25.7 Å². The van der Waals surface area contributed by atoms with E-state index in [0.29, 0.717) is 0 Å². The van der Waals surface area contributed by atoms with Crippen LogP contribution in [-0.4, -0.2) is 29.0 Å². The second-order valence-corrected chi connectivity index (χ2v) is 4.61. The molecule has 1 aromatic rings. The van der Waals surface area contributed by atoms with E-state index in [1.807, 2.05) is 0 Å². The first kappa shape index (κ1) is 13.5. The number of carbonyl (C=O) groups excluding carboxylic acids is 2. The molecule has 1 amide bonds. The van der Waals surface area contributed by atoms with Gasteiger partial charge >= 0.3 is 5.97 Å². The maximum Gasteiger partial charge on any atom is 0.318 e. The Morgan fingerprint density at radius 3 is 2.53 bits per heavy atom.